The highest BCUT2D eigenvalue weighted by Gasteiger charge is 2.15. The van der Waals surface area contributed by atoms with Gasteiger partial charge in [-0.1, -0.05) is 13.8 Å². The highest BCUT2D eigenvalue weighted by Crippen LogP contribution is 2.02. The molecule has 1 atom stereocenters. The molecule has 4 nitrogen and oxygen atoms in total. The van der Waals surface area contributed by atoms with E-state index in [0.29, 0.717) is 12.0 Å². The molecule has 4 heteroatoms. The highest BCUT2D eigenvalue weighted by molar-refractivity contribution is 5.81. The number of hydrogen-bond acceptors (Lipinski definition) is 4. The summed E-state index contributed by atoms with van der Waals surface area (Å²) in [6, 6.07) is 0.342. The average molecular weight is 185 g/mol. The molecule has 1 unspecified atom stereocenters. The lowest BCUT2D eigenvalue weighted by molar-refractivity contribution is 0.156. The van der Waals surface area contributed by atoms with Crippen LogP contribution in [0.25, 0.3) is 0 Å². The fourth-order valence-corrected chi connectivity index (χ4v) is 1.25. The number of nitrogens with zero attached hydrogens (tertiary/aromatic N) is 1. The number of nitrogens with one attached hydrogen (secondary N) is 2. The fourth-order valence-electron chi connectivity index (χ4n) is 1.25. The van der Waals surface area contributed by atoms with Crippen molar-refractivity contribution in [3.63, 3.8) is 0 Å². The van der Waals surface area contributed by atoms with Gasteiger partial charge in [0.05, 0.1) is 19.2 Å². The van der Waals surface area contributed by atoms with Gasteiger partial charge in [0.15, 0.2) is 5.96 Å². The maximum Gasteiger partial charge on any atom is 0.191 e. The third kappa shape index (κ3) is 3.22. The molecule has 0 amide bonds. The van der Waals surface area contributed by atoms with Gasteiger partial charge in [0.1, 0.15) is 0 Å². The summed E-state index contributed by atoms with van der Waals surface area (Å²) in [6.45, 7) is 6.89. The van der Waals surface area contributed by atoms with Crippen LogP contribution in [0.2, 0.25) is 0 Å². The first kappa shape index (κ1) is 10.3. The van der Waals surface area contributed by atoms with E-state index in [0.717, 1.165) is 25.7 Å². The van der Waals surface area contributed by atoms with Crippen molar-refractivity contribution in [2.75, 3.05) is 26.8 Å². The summed E-state index contributed by atoms with van der Waals surface area (Å²) < 4.78 is 5.13. The monoisotopic (exact) mass is 185 g/mol. The molecule has 0 bridgehead atoms. The van der Waals surface area contributed by atoms with Crippen molar-refractivity contribution in [3.8, 4) is 0 Å². The van der Waals surface area contributed by atoms with Gasteiger partial charge in [-0.05, 0) is 5.92 Å². The van der Waals surface area contributed by atoms with Crippen LogP contribution in [0.5, 0.6) is 0 Å². The number of hydrogen-bond donors (Lipinski definition) is 2. The number of methoxy groups -OCH3 is 1. The van der Waals surface area contributed by atoms with E-state index < -0.39 is 0 Å². The molecule has 0 aromatic heterocycles. The summed E-state index contributed by atoms with van der Waals surface area (Å²) in [5, 5.41) is 6.51. The molecule has 13 heavy (non-hydrogen) atoms. The molecule has 2 N–H and O–H groups in total. The Morgan fingerprint density at radius 2 is 2.38 bits per heavy atom. The van der Waals surface area contributed by atoms with E-state index in [1.165, 1.54) is 0 Å². The Morgan fingerprint density at radius 1 is 1.62 bits per heavy atom. The molecule has 0 saturated carbocycles. The molecule has 1 aliphatic heterocycles. The molecule has 0 saturated heterocycles. The first-order valence-electron chi connectivity index (χ1n) is 4.78. The van der Waals surface area contributed by atoms with Crippen LogP contribution in [0.15, 0.2) is 4.99 Å². The van der Waals surface area contributed by atoms with Crippen molar-refractivity contribution < 1.29 is 4.74 Å². The van der Waals surface area contributed by atoms with E-state index in [-0.39, 0.29) is 0 Å². The smallest absolute Gasteiger partial charge is 0.191 e. The van der Waals surface area contributed by atoms with Gasteiger partial charge in [0, 0.05) is 13.7 Å². The van der Waals surface area contributed by atoms with Gasteiger partial charge in [-0.3, -0.25) is 4.99 Å². The summed E-state index contributed by atoms with van der Waals surface area (Å²) >= 11 is 0. The van der Waals surface area contributed by atoms with Crippen LogP contribution in [-0.4, -0.2) is 38.8 Å². The van der Waals surface area contributed by atoms with Gasteiger partial charge in [-0.25, -0.2) is 0 Å². The number of aliphatic imine (C=N–C) groups is 1. The topological polar surface area (TPSA) is 45.6 Å². The van der Waals surface area contributed by atoms with Gasteiger partial charge >= 0.3 is 0 Å². The summed E-state index contributed by atoms with van der Waals surface area (Å²) in [5.74, 6) is 1.46. The Bertz CT molecular complexity index is 180. The molecular formula is C9H19N3O. The minimum atomic E-state index is 0.342. The normalized spacial score (nSPS) is 18.3. The molecule has 1 heterocycles. The van der Waals surface area contributed by atoms with Crippen molar-refractivity contribution in [2.45, 2.75) is 19.9 Å². The van der Waals surface area contributed by atoms with Crippen LogP contribution in [0, 0.1) is 5.92 Å². The SMILES string of the molecule is COCC(NC1=NCCN1)C(C)C. The van der Waals surface area contributed by atoms with Crippen LogP contribution in [0.3, 0.4) is 0 Å². The van der Waals surface area contributed by atoms with Gasteiger partial charge in [0.2, 0.25) is 0 Å². The lowest BCUT2D eigenvalue weighted by atomic mass is 10.1. The van der Waals surface area contributed by atoms with Crippen LogP contribution in [0.1, 0.15) is 13.8 Å². The van der Waals surface area contributed by atoms with Crippen LogP contribution in [0.4, 0.5) is 0 Å². The molecule has 76 valence electrons. The third-order valence-corrected chi connectivity index (χ3v) is 2.15. The minimum absolute atomic E-state index is 0.342. The summed E-state index contributed by atoms with van der Waals surface area (Å²) in [5.41, 5.74) is 0. The minimum Gasteiger partial charge on any atom is -0.383 e. The van der Waals surface area contributed by atoms with Crippen molar-refractivity contribution in [2.24, 2.45) is 10.9 Å². The van der Waals surface area contributed by atoms with Gasteiger partial charge in [-0.15, -0.1) is 0 Å². The lowest BCUT2D eigenvalue weighted by Crippen LogP contribution is -2.45. The Balaban J connectivity index is 2.36. The van der Waals surface area contributed by atoms with E-state index in [9.17, 15) is 0 Å². The molecular weight excluding hydrogens is 166 g/mol. The zero-order valence-electron chi connectivity index (χ0n) is 8.63. The van der Waals surface area contributed by atoms with Gasteiger partial charge in [-0.2, -0.15) is 0 Å². The largest absolute Gasteiger partial charge is 0.383 e. The van der Waals surface area contributed by atoms with Gasteiger partial charge < -0.3 is 15.4 Å². The number of ether oxygens (including phenoxy) is 1. The summed E-state index contributed by atoms with van der Waals surface area (Å²) in [6.07, 6.45) is 0. The Morgan fingerprint density at radius 3 is 2.85 bits per heavy atom. The molecule has 1 rings (SSSR count). The van der Waals surface area contributed by atoms with Crippen LogP contribution in [-0.2, 0) is 4.74 Å². The zero-order chi connectivity index (χ0) is 9.68. The van der Waals surface area contributed by atoms with Gasteiger partial charge in [0.25, 0.3) is 0 Å². The second-order valence-electron chi connectivity index (χ2n) is 3.61. The first-order chi connectivity index (χ1) is 6.24. The van der Waals surface area contributed by atoms with E-state index >= 15 is 0 Å². The molecule has 0 aromatic rings. The lowest BCUT2D eigenvalue weighted by Gasteiger charge is -2.22. The van der Waals surface area contributed by atoms with Crippen molar-refractivity contribution in [1.82, 2.24) is 10.6 Å². The van der Waals surface area contributed by atoms with E-state index in [1.54, 1.807) is 7.11 Å². The predicted molar refractivity (Wildman–Crippen MR) is 53.9 cm³/mol. The van der Waals surface area contributed by atoms with E-state index in [1.807, 2.05) is 0 Å². The van der Waals surface area contributed by atoms with Crippen LogP contribution < -0.4 is 10.6 Å². The Labute approximate surface area is 79.8 Å². The third-order valence-electron chi connectivity index (χ3n) is 2.15. The van der Waals surface area contributed by atoms with Crippen molar-refractivity contribution >= 4 is 5.96 Å². The number of rotatable bonds is 4. The summed E-state index contributed by atoms with van der Waals surface area (Å²) in [7, 11) is 1.72. The first-order valence-corrected chi connectivity index (χ1v) is 4.78. The molecule has 0 aliphatic carbocycles. The van der Waals surface area contributed by atoms with E-state index in [2.05, 4.69) is 29.5 Å². The molecule has 0 aromatic carbocycles. The standard InChI is InChI=1S/C9H19N3O/c1-7(2)8(6-13-3)12-9-10-4-5-11-9/h7-8H,4-6H2,1-3H3,(H2,10,11,12). The summed E-state index contributed by atoms with van der Waals surface area (Å²) in [4.78, 5) is 4.28. The van der Waals surface area contributed by atoms with Crippen molar-refractivity contribution in [1.29, 1.82) is 0 Å². The molecule has 0 fully saturated rings. The highest BCUT2D eigenvalue weighted by atomic mass is 16.5. The molecule has 0 radical (unpaired) electrons. The maximum absolute atomic E-state index is 5.13. The number of guanidine groups is 1. The zero-order valence-corrected chi connectivity index (χ0v) is 8.63. The molecule has 1 aliphatic rings. The van der Waals surface area contributed by atoms with Crippen molar-refractivity contribution in [3.05, 3.63) is 0 Å². The Hall–Kier alpha value is -0.770. The second-order valence-corrected chi connectivity index (χ2v) is 3.61. The molecule has 0 spiro atoms. The quantitative estimate of drug-likeness (QED) is 0.658. The predicted octanol–water partition coefficient (Wildman–Crippen LogP) is 0.206. The maximum atomic E-state index is 5.13. The van der Waals surface area contributed by atoms with Crippen LogP contribution >= 0.6 is 0 Å². The fraction of sp³-hybridized carbons (Fsp3) is 0.889. The van der Waals surface area contributed by atoms with E-state index in [4.69, 9.17) is 4.74 Å². The average Bonchev–Trinajstić information content (AvgIpc) is 2.56. The Kier molecular flexibility index (Phi) is 4.02. The second kappa shape index (κ2) is 5.07.